The molecule has 8 heteroatoms. The molecule has 1 N–H and O–H groups in total. The molecule has 0 fully saturated rings. The van der Waals surface area contributed by atoms with Gasteiger partial charge in [0.15, 0.2) is 4.80 Å². The average Bonchev–Trinajstić information content (AvgIpc) is 3.24. The Bertz CT molecular complexity index is 1720. The molecule has 40 heavy (non-hydrogen) atoms. The Morgan fingerprint density at radius 1 is 1.02 bits per heavy atom. The largest absolute Gasteiger partial charge is 0.494 e. The summed E-state index contributed by atoms with van der Waals surface area (Å²) in [6.45, 7) is 8.24. The molecule has 4 aromatic rings. The first-order chi connectivity index (χ1) is 19.3. The zero-order valence-corrected chi connectivity index (χ0v) is 23.7. The van der Waals surface area contributed by atoms with Crippen LogP contribution >= 0.6 is 11.3 Å². The highest BCUT2D eigenvalue weighted by molar-refractivity contribution is 7.07. The van der Waals surface area contributed by atoms with Gasteiger partial charge >= 0.3 is 0 Å². The monoisotopic (exact) mass is 553 g/mol. The number of hydrogen-bond acceptors (Lipinski definition) is 6. The molecular formula is C32H31N3O4S. The van der Waals surface area contributed by atoms with Crippen LogP contribution in [0.3, 0.4) is 0 Å². The highest BCUT2D eigenvalue weighted by atomic mass is 32.1. The maximum absolute atomic E-state index is 13.9. The number of thiazole rings is 1. The average molecular weight is 554 g/mol. The number of nitrogens with zero attached hydrogens (tertiary/aromatic N) is 2. The van der Waals surface area contributed by atoms with Crippen molar-refractivity contribution in [2.24, 2.45) is 4.99 Å². The van der Waals surface area contributed by atoms with E-state index in [0.717, 1.165) is 22.6 Å². The molecule has 7 nitrogen and oxygen atoms in total. The fraction of sp³-hybridized carbons (Fsp3) is 0.219. The lowest BCUT2D eigenvalue weighted by Gasteiger charge is -2.25. The summed E-state index contributed by atoms with van der Waals surface area (Å²) in [5.41, 5.74) is 3.11. The van der Waals surface area contributed by atoms with Crippen molar-refractivity contribution in [1.29, 1.82) is 0 Å². The smallest absolute Gasteiger partial charge is 0.271 e. The maximum Gasteiger partial charge on any atom is 0.271 e. The van der Waals surface area contributed by atoms with Crippen LogP contribution in [0.25, 0.3) is 6.08 Å². The van der Waals surface area contributed by atoms with Crippen LogP contribution < -0.4 is 29.7 Å². The molecule has 0 radical (unpaired) electrons. The number of fused-ring (bicyclic) bond motifs is 1. The van der Waals surface area contributed by atoms with Gasteiger partial charge in [0.25, 0.3) is 11.5 Å². The van der Waals surface area contributed by atoms with Crippen molar-refractivity contribution in [3.05, 3.63) is 121 Å². The summed E-state index contributed by atoms with van der Waals surface area (Å²) in [6, 6.07) is 23.7. The summed E-state index contributed by atoms with van der Waals surface area (Å²) in [5.74, 6) is 1.19. The predicted octanol–water partition coefficient (Wildman–Crippen LogP) is 5.06. The van der Waals surface area contributed by atoms with Crippen molar-refractivity contribution in [2.75, 3.05) is 11.9 Å². The predicted molar refractivity (Wildman–Crippen MR) is 159 cm³/mol. The number of allylic oxidation sites excluding steroid dienone is 1. The molecule has 0 unspecified atom stereocenters. The number of benzene rings is 3. The van der Waals surface area contributed by atoms with Gasteiger partial charge in [-0.2, -0.15) is 0 Å². The molecule has 5 rings (SSSR count). The van der Waals surface area contributed by atoms with Gasteiger partial charge < -0.3 is 14.8 Å². The molecule has 1 aliphatic heterocycles. The fourth-order valence-corrected chi connectivity index (χ4v) is 5.67. The van der Waals surface area contributed by atoms with Crippen molar-refractivity contribution in [3.8, 4) is 11.5 Å². The second-order valence-corrected chi connectivity index (χ2v) is 10.6. The first-order valence-corrected chi connectivity index (χ1v) is 14.0. The number of hydrogen-bond donors (Lipinski definition) is 1. The van der Waals surface area contributed by atoms with E-state index in [9.17, 15) is 9.59 Å². The Morgan fingerprint density at radius 2 is 1.70 bits per heavy atom. The first-order valence-electron chi connectivity index (χ1n) is 13.2. The number of rotatable bonds is 8. The van der Waals surface area contributed by atoms with Gasteiger partial charge in [0.1, 0.15) is 11.5 Å². The Kier molecular flexibility index (Phi) is 7.98. The van der Waals surface area contributed by atoms with Gasteiger partial charge in [0, 0.05) is 5.69 Å². The number of nitrogens with one attached hydrogen (secondary N) is 1. The molecule has 1 aromatic heterocycles. The molecule has 204 valence electrons. The van der Waals surface area contributed by atoms with E-state index in [1.807, 2.05) is 113 Å². The van der Waals surface area contributed by atoms with Crippen LogP contribution in [-0.2, 0) is 4.79 Å². The lowest BCUT2D eigenvalue weighted by atomic mass is 9.95. The summed E-state index contributed by atoms with van der Waals surface area (Å²) in [6.07, 6.45) is 1.93. The number of ether oxygens (including phenoxy) is 2. The lowest BCUT2D eigenvalue weighted by molar-refractivity contribution is -0.113. The van der Waals surface area contributed by atoms with E-state index in [1.54, 1.807) is 4.57 Å². The standard InChI is InChI=1S/C32H31N3O4S/c1-5-38-25-17-13-23(14-18-25)29-28(30(36)34-24-9-7-6-8-10-24)21(4)33-32-35(29)31(37)27(40-32)19-22-11-15-26(16-12-22)39-20(2)3/h6-20,29H,5H2,1-4H3,(H,34,36)/b27-19-/t29-/m0/s1. The Hall–Kier alpha value is -4.43. The zero-order valence-electron chi connectivity index (χ0n) is 22.9. The lowest BCUT2D eigenvalue weighted by Crippen LogP contribution is -2.40. The third-order valence-corrected chi connectivity index (χ3v) is 7.34. The second kappa shape index (κ2) is 11.8. The molecule has 0 saturated carbocycles. The molecule has 0 saturated heterocycles. The molecular weight excluding hydrogens is 522 g/mol. The van der Waals surface area contributed by atoms with E-state index in [-0.39, 0.29) is 17.6 Å². The van der Waals surface area contributed by atoms with Crippen molar-refractivity contribution in [1.82, 2.24) is 4.57 Å². The summed E-state index contributed by atoms with van der Waals surface area (Å²) >= 11 is 1.31. The van der Waals surface area contributed by atoms with Crippen molar-refractivity contribution in [3.63, 3.8) is 0 Å². The third kappa shape index (κ3) is 5.77. The summed E-state index contributed by atoms with van der Waals surface area (Å²) in [4.78, 5) is 32.8. The number of carbonyl (C=O) groups excluding carboxylic acids is 1. The fourth-order valence-electron chi connectivity index (χ4n) is 4.63. The quantitative estimate of drug-likeness (QED) is 0.331. The molecule has 1 atom stereocenters. The van der Waals surface area contributed by atoms with Gasteiger partial charge in [0.05, 0.1) is 34.6 Å². The van der Waals surface area contributed by atoms with Crippen LogP contribution in [0.5, 0.6) is 11.5 Å². The molecule has 0 bridgehead atoms. The van der Waals surface area contributed by atoms with Crippen molar-refractivity contribution in [2.45, 2.75) is 39.8 Å². The summed E-state index contributed by atoms with van der Waals surface area (Å²) < 4.78 is 13.5. The maximum atomic E-state index is 13.9. The summed E-state index contributed by atoms with van der Waals surface area (Å²) in [5, 5.41) is 2.98. The minimum absolute atomic E-state index is 0.0775. The van der Waals surface area contributed by atoms with Crippen molar-refractivity contribution < 1.29 is 14.3 Å². The van der Waals surface area contributed by atoms with Crippen LogP contribution in [0.4, 0.5) is 5.69 Å². The summed E-state index contributed by atoms with van der Waals surface area (Å²) in [7, 11) is 0. The van der Waals surface area contributed by atoms with Crippen LogP contribution in [0.2, 0.25) is 0 Å². The highest BCUT2D eigenvalue weighted by Crippen LogP contribution is 2.31. The minimum atomic E-state index is -0.653. The highest BCUT2D eigenvalue weighted by Gasteiger charge is 2.32. The minimum Gasteiger partial charge on any atom is -0.494 e. The molecule has 0 aliphatic carbocycles. The van der Waals surface area contributed by atoms with Gasteiger partial charge in [-0.1, -0.05) is 53.8 Å². The number of para-hydroxylation sites is 1. The van der Waals surface area contributed by atoms with Gasteiger partial charge in [-0.25, -0.2) is 4.99 Å². The number of amides is 1. The van der Waals surface area contributed by atoms with Gasteiger partial charge in [0.2, 0.25) is 0 Å². The number of aromatic nitrogens is 1. The van der Waals surface area contributed by atoms with E-state index in [4.69, 9.17) is 14.5 Å². The SMILES string of the molecule is CCOc1ccc([C@H]2C(C(=O)Nc3ccccc3)=C(C)N=c3s/c(=C\c4ccc(OC(C)C)cc4)c(=O)n32)cc1. The Morgan fingerprint density at radius 3 is 2.35 bits per heavy atom. The Balaban J connectivity index is 1.60. The molecule has 0 spiro atoms. The van der Waals surface area contributed by atoms with Gasteiger partial charge in [-0.05, 0) is 81.3 Å². The van der Waals surface area contributed by atoms with Gasteiger partial charge in [-0.15, -0.1) is 0 Å². The van der Waals surface area contributed by atoms with Crippen LogP contribution in [-0.4, -0.2) is 23.2 Å². The van der Waals surface area contributed by atoms with E-state index < -0.39 is 6.04 Å². The number of anilines is 1. The molecule has 1 aliphatic rings. The Labute approximate surface area is 236 Å². The topological polar surface area (TPSA) is 81.9 Å². The molecule has 1 amide bonds. The van der Waals surface area contributed by atoms with E-state index in [1.165, 1.54) is 11.3 Å². The van der Waals surface area contributed by atoms with Gasteiger partial charge in [-0.3, -0.25) is 14.2 Å². The van der Waals surface area contributed by atoms with E-state index >= 15 is 0 Å². The molecule has 2 heterocycles. The van der Waals surface area contributed by atoms with Crippen LogP contribution in [0.15, 0.2) is 99.9 Å². The normalized spacial score (nSPS) is 15.0. The zero-order chi connectivity index (χ0) is 28.2. The first kappa shape index (κ1) is 27.1. The van der Waals surface area contributed by atoms with E-state index in [0.29, 0.717) is 32.9 Å². The third-order valence-electron chi connectivity index (χ3n) is 6.35. The number of carbonyl (C=O) groups is 1. The van der Waals surface area contributed by atoms with E-state index in [2.05, 4.69) is 5.32 Å². The second-order valence-electron chi connectivity index (χ2n) is 9.64. The van der Waals surface area contributed by atoms with Crippen molar-refractivity contribution >= 4 is 29.0 Å². The molecule has 3 aromatic carbocycles. The van der Waals surface area contributed by atoms with Crippen LogP contribution in [0.1, 0.15) is 44.9 Å². The van der Waals surface area contributed by atoms with Crippen LogP contribution in [0, 0.1) is 0 Å².